The molecule has 0 radical (unpaired) electrons. The predicted molar refractivity (Wildman–Crippen MR) is 87.0 cm³/mol. The van der Waals surface area contributed by atoms with Crippen LogP contribution in [0.1, 0.15) is 25.5 Å². The highest BCUT2D eigenvalue weighted by atomic mass is 32.2. The minimum Gasteiger partial charge on any atom is -0.353 e. The third-order valence-corrected chi connectivity index (χ3v) is 6.94. The molecule has 1 aromatic rings. The van der Waals surface area contributed by atoms with Crippen molar-refractivity contribution in [3.05, 3.63) is 29.8 Å². The summed E-state index contributed by atoms with van der Waals surface area (Å²) in [4.78, 5) is 2.01. The summed E-state index contributed by atoms with van der Waals surface area (Å²) in [5.74, 6) is 1.79. The average Bonchev–Trinajstić information content (AvgIpc) is 2.47. The first kappa shape index (κ1) is 15.7. The van der Waals surface area contributed by atoms with Gasteiger partial charge in [0.25, 0.3) is 0 Å². The monoisotopic (exact) mass is 314 g/mol. The SMILES string of the molecule is CCS(=O)(=O)C1CSCCN1c1ccc([C@H](C)N)cc1. The zero-order chi connectivity index (χ0) is 14.8. The third kappa shape index (κ3) is 3.30. The van der Waals surface area contributed by atoms with Gasteiger partial charge in [-0.25, -0.2) is 8.42 Å². The molecule has 4 nitrogen and oxygen atoms in total. The van der Waals surface area contributed by atoms with Crippen LogP contribution in [0.2, 0.25) is 0 Å². The standard InChI is InChI=1S/C14H22N2O2S2/c1-3-20(17,18)14-10-19-9-8-16(14)13-6-4-12(5-7-13)11(2)15/h4-7,11,14H,3,8-10,15H2,1-2H3/t11-,14?/m0/s1. The molecule has 1 unspecified atom stereocenters. The lowest BCUT2D eigenvalue weighted by Gasteiger charge is -2.36. The van der Waals surface area contributed by atoms with Crippen LogP contribution in [0.3, 0.4) is 0 Å². The molecular weight excluding hydrogens is 292 g/mol. The first-order valence-electron chi connectivity index (χ1n) is 6.87. The van der Waals surface area contributed by atoms with Crippen molar-refractivity contribution in [3.63, 3.8) is 0 Å². The number of hydrogen-bond donors (Lipinski definition) is 1. The van der Waals surface area contributed by atoms with E-state index >= 15 is 0 Å². The minimum absolute atomic E-state index is 0.00358. The molecule has 2 atom stereocenters. The van der Waals surface area contributed by atoms with Crippen LogP contribution in [0.15, 0.2) is 24.3 Å². The van der Waals surface area contributed by atoms with Crippen molar-refractivity contribution in [2.75, 3.05) is 28.7 Å². The second-order valence-electron chi connectivity index (χ2n) is 5.05. The maximum absolute atomic E-state index is 12.2. The fourth-order valence-electron chi connectivity index (χ4n) is 2.34. The van der Waals surface area contributed by atoms with E-state index in [9.17, 15) is 8.42 Å². The van der Waals surface area contributed by atoms with Gasteiger partial charge in [0.15, 0.2) is 9.84 Å². The van der Waals surface area contributed by atoms with Crippen LogP contribution in [0.4, 0.5) is 5.69 Å². The fraction of sp³-hybridized carbons (Fsp3) is 0.571. The molecule has 2 rings (SSSR count). The van der Waals surface area contributed by atoms with Crippen molar-refractivity contribution in [2.24, 2.45) is 5.73 Å². The summed E-state index contributed by atoms with van der Waals surface area (Å²) in [7, 11) is -3.06. The smallest absolute Gasteiger partial charge is 0.171 e. The number of sulfone groups is 1. The van der Waals surface area contributed by atoms with Gasteiger partial charge in [0.2, 0.25) is 0 Å². The second-order valence-corrected chi connectivity index (χ2v) is 8.65. The van der Waals surface area contributed by atoms with Gasteiger partial charge in [0.05, 0.1) is 0 Å². The van der Waals surface area contributed by atoms with Crippen molar-refractivity contribution >= 4 is 27.3 Å². The molecule has 1 aliphatic heterocycles. The molecule has 0 bridgehead atoms. The predicted octanol–water partition coefficient (Wildman–Crippen LogP) is 2.02. The summed E-state index contributed by atoms with van der Waals surface area (Å²) in [6.07, 6.45) is 0. The quantitative estimate of drug-likeness (QED) is 0.921. The third-order valence-electron chi connectivity index (χ3n) is 3.65. The van der Waals surface area contributed by atoms with E-state index in [0.29, 0.717) is 5.75 Å². The lowest BCUT2D eigenvalue weighted by molar-refractivity contribution is 0.579. The molecule has 6 heteroatoms. The Morgan fingerprint density at radius 1 is 1.40 bits per heavy atom. The molecule has 1 saturated heterocycles. The summed E-state index contributed by atoms with van der Waals surface area (Å²) in [6, 6.07) is 7.92. The van der Waals surface area contributed by atoms with Gasteiger partial charge in [-0.1, -0.05) is 19.1 Å². The average molecular weight is 314 g/mol. The normalized spacial score (nSPS) is 21.8. The van der Waals surface area contributed by atoms with Crippen LogP contribution >= 0.6 is 11.8 Å². The first-order valence-corrected chi connectivity index (χ1v) is 9.74. The van der Waals surface area contributed by atoms with E-state index in [1.165, 1.54) is 0 Å². The molecule has 2 N–H and O–H groups in total. The highest BCUT2D eigenvalue weighted by Gasteiger charge is 2.32. The molecule has 112 valence electrons. The Morgan fingerprint density at radius 2 is 2.05 bits per heavy atom. The van der Waals surface area contributed by atoms with Crippen LogP contribution < -0.4 is 10.6 Å². The van der Waals surface area contributed by atoms with Crippen LogP contribution in [-0.2, 0) is 9.84 Å². The molecule has 1 aromatic carbocycles. The molecule has 0 aliphatic carbocycles. The number of nitrogens with zero attached hydrogens (tertiary/aromatic N) is 1. The molecule has 0 saturated carbocycles. The Morgan fingerprint density at radius 3 is 2.60 bits per heavy atom. The highest BCUT2D eigenvalue weighted by Crippen LogP contribution is 2.28. The summed E-state index contributed by atoms with van der Waals surface area (Å²) in [5.41, 5.74) is 7.88. The van der Waals surface area contributed by atoms with E-state index in [1.807, 2.05) is 36.1 Å². The molecule has 1 fully saturated rings. The van der Waals surface area contributed by atoms with Crippen molar-refractivity contribution < 1.29 is 8.42 Å². The number of benzene rings is 1. The topological polar surface area (TPSA) is 63.4 Å². The second kappa shape index (κ2) is 6.37. The number of thioether (sulfide) groups is 1. The Bertz CT molecular complexity index is 541. The number of anilines is 1. The van der Waals surface area contributed by atoms with Gasteiger partial charge in [-0.15, -0.1) is 0 Å². The van der Waals surface area contributed by atoms with Gasteiger partial charge < -0.3 is 10.6 Å². The van der Waals surface area contributed by atoms with E-state index in [-0.39, 0.29) is 11.8 Å². The maximum atomic E-state index is 12.2. The molecule has 1 aliphatic rings. The summed E-state index contributed by atoms with van der Waals surface area (Å²) >= 11 is 1.71. The Kier molecular flexibility index (Phi) is 4.99. The minimum atomic E-state index is -3.06. The lowest BCUT2D eigenvalue weighted by atomic mass is 10.1. The molecule has 1 heterocycles. The Hall–Kier alpha value is -0.720. The molecule has 0 spiro atoms. The van der Waals surface area contributed by atoms with E-state index < -0.39 is 15.2 Å². The Balaban J connectivity index is 2.28. The van der Waals surface area contributed by atoms with Gasteiger partial charge in [-0.05, 0) is 24.6 Å². The lowest BCUT2D eigenvalue weighted by Crippen LogP contribution is -2.48. The van der Waals surface area contributed by atoms with Crippen molar-refractivity contribution in [1.29, 1.82) is 0 Å². The van der Waals surface area contributed by atoms with E-state index in [2.05, 4.69) is 0 Å². The van der Waals surface area contributed by atoms with E-state index in [1.54, 1.807) is 18.7 Å². The van der Waals surface area contributed by atoms with Crippen molar-refractivity contribution in [3.8, 4) is 0 Å². The first-order chi connectivity index (χ1) is 9.45. The number of rotatable bonds is 4. The molecule has 0 amide bonds. The number of nitrogens with two attached hydrogens (primary N) is 1. The van der Waals surface area contributed by atoms with Crippen LogP contribution in [-0.4, -0.2) is 37.6 Å². The summed E-state index contributed by atoms with van der Waals surface area (Å²) in [6.45, 7) is 4.43. The fourth-order valence-corrected chi connectivity index (χ4v) is 5.33. The summed E-state index contributed by atoms with van der Waals surface area (Å²) < 4.78 is 24.5. The van der Waals surface area contributed by atoms with Gasteiger partial charge in [-0.2, -0.15) is 11.8 Å². The largest absolute Gasteiger partial charge is 0.353 e. The zero-order valence-electron chi connectivity index (χ0n) is 12.0. The maximum Gasteiger partial charge on any atom is 0.171 e. The van der Waals surface area contributed by atoms with Crippen LogP contribution in [0, 0.1) is 0 Å². The van der Waals surface area contributed by atoms with Gasteiger partial charge in [0.1, 0.15) is 5.37 Å². The Labute approximate surface area is 125 Å². The van der Waals surface area contributed by atoms with E-state index in [0.717, 1.165) is 23.5 Å². The van der Waals surface area contributed by atoms with Crippen molar-refractivity contribution in [2.45, 2.75) is 25.3 Å². The van der Waals surface area contributed by atoms with Gasteiger partial charge in [0, 0.05) is 35.5 Å². The summed E-state index contributed by atoms with van der Waals surface area (Å²) in [5, 5.41) is -0.410. The van der Waals surface area contributed by atoms with Crippen LogP contribution in [0.5, 0.6) is 0 Å². The van der Waals surface area contributed by atoms with Gasteiger partial charge >= 0.3 is 0 Å². The zero-order valence-corrected chi connectivity index (χ0v) is 13.6. The van der Waals surface area contributed by atoms with Crippen LogP contribution in [0.25, 0.3) is 0 Å². The van der Waals surface area contributed by atoms with E-state index in [4.69, 9.17) is 5.73 Å². The molecular formula is C14H22N2O2S2. The van der Waals surface area contributed by atoms with Gasteiger partial charge in [-0.3, -0.25) is 0 Å². The number of hydrogen-bond acceptors (Lipinski definition) is 5. The van der Waals surface area contributed by atoms with Crippen molar-refractivity contribution in [1.82, 2.24) is 0 Å². The highest BCUT2D eigenvalue weighted by molar-refractivity contribution is 8.01. The molecule has 0 aromatic heterocycles. The molecule has 20 heavy (non-hydrogen) atoms.